The standard InChI is InChI=1S/C17H24N2/c1-14(2)13-19-11-9-15(8-10-18)12-17(19)16-6-4-3-5-7-16/h3-7,14-15,17H,8-9,11-13H2,1-2H3. The molecule has 1 saturated heterocycles. The van der Waals surface area contributed by atoms with Crippen molar-refractivity contribution in [3.8, 4) is 6.07 Å². The van der Waals surface area contributed by atoms with Crippen LogP contribution in [0.2, 0.25) is 0 Å². The van der Waals surface area contributed by atoms with Gasteiger partial charge in [0.15, 0.2) is 0 Å². The van der Waals surface area contributed by atoms with Crippen molar-refractivity contribution < 1.29 is 0 Å². The van der Waals surface area contributed by atoms with E-state index in [0.717, 1.165) is 19.5 Å². The van der Waals surface area contributed by atoms with Crippen LogP contribution in [0.25, 0.3) is 0 Å². The number of benzene rings is 1. The molecular formula is C17H24N2. The van der Waals surface area contributed by atoms with Crippen molar-refractivity contribution in [3.63, 3.8) is 0 Å². The van der Waals surface area contributed by atoms with Gasteiger partial charge in [-0.15, -0.1) is 0 Å². The van der Waals surface area contributed by atoms with Gasteiger partial charge in [0.05, 0.1) is 6.07 Å². The molecule has 1 aromatic rings. The third-order valence-corrected chi connectivity index (χ3v) is 3.99. The molecule has 0 spiro atoms. The maximum atomic E-state index is 8.92. The monoisotopic (exact) mass is 256 g/mol. The summed E-state index contributed by atoms with van der Waals surface area (Å²) in [4.78, 5) is 2.61. The molecule has 1 aromatic carbocycles. The van der Waals surface area contributed by atoms with E-state index in [9.17, 15) is 0 Å². The van der Waals surface area contributed by atoms with Gasteiger partial charge in [-0.2, -0.15) is 5.26 Å². The molecule has 1 fully saturated rings. The summed E-state index contributed by atoms with van der Waals surface area (Å²) in [6.45, 7) is 6.84. The molecule has 0 N–H and O–H groups in total. The highest BCUT2D eigenvalue weighted by molar-refractivity contribution is 5.20. The number of nitrogens with zero attached hydrogens (tertiary/aromatic N) is 2. The summed E-state index contributed by atoms with van der Waals surface area (Å²) >= 11 is 0. The highest BCUT2D eigenvalue weighted by Gasteiger charge is 2.29. The number of nitriles is 1. The van der Waals surface area contributed by atoms with Gasteiger partial charge in [0.2, 0.25) is 0 Å². The first kappa shape index (κ1) is 14.1. The van der Waals surface area contributed by atoms with E-state index in [4.69, 9.17) is 5.26 Å². The minimum Gasteiger partial charge on any atom is -0.296 e. The van der Waals surface area contributed by atoms with Gasteiger partial charge in [0.1, 0.15) is 0 Å². The van der Waals surface area contributed by atoms with Crippen molar-refractivity contribution in [1.29, 1.82) is 5.26 Å². The van der Waals surface area contributed by atoms with Gasteiger partial charge in [0.25, 0.3) is 0 Å². The molecule has 2 nitrogen and oxygen atoms in total. The zero-order chi connectivity index (χ0) is 13.7. The second-order valence-electron chi connectivity index (χ2n) is 6.07. The molecule has 2 atom stereocenters. The molecule has 1 aliphatic heterocycles. The molecule has 2 heteroatoms. The molecule has 0 saturated carbocycles. The van der Waals surface area contributed by atoms with Crippen LogP contribution < -0.4 is 0 Å². The van der Waals surface area contributed by atoms with Crippen LogP contribution >= 0.6 is 0 Å². The van der Waals surface area contributed by atoms with Crippen molar-refractivity contribution in [2.45, 2.75) is 39.2 Å². The first-order valence-corrected chi connectivity index (χ1v) is 7.36. The third kappa shape index (κ3) is 3.81. The molecule has 2 unspecified atom stereocenters. The molecular weight excluding hydrogens is 232 g/mol. The summed E-state index contributed by atoms with van der Waals surface area (Å²) in [5.74, 6) is 1.26. The Hall–Kier alpha value is -1.33. The first-order chi connectivity index (χ1) is 9.20. The maximum Gasteiger partial charge on any atom is 0.0624 e. The van der Waals surface area contributed by atoms with E-state index >= 15 is 0 Å². The summed E-state index contributed by atoms with van der Waals surface area (Å²) in [6, 6.07) is 13.6. The Labute approximate surface area is 117 Å². The van der Waals surface area contributed by atoms with Crippen LogP contribution in [0.5, 0.6) is 0 Å². The highest BCUT2D eigenvalue weighted by Crippen LogP contribution is 2.35. The molecule has 102 valence electrons. The van der Waals surface area contributed by atoms with Crippen LogP contribution in [-0.4, -0.2) is 18.0 Å². The normalized spacial score (nSPS) is 24.3. The molecule has 0 aliphatic carbocycles. The Bertz CT molecular complexity index is 419. The summed E-state index contributed by atoms with van der Waals surface area (Å²) in [5.41, 5.74) is 1.41. The zero-order valence-electron chi connectivity index (χ0n) is 12.0. The Morgan fingerprint density at radius 2 is 2.05 bits per heavy atom. The molecule has 0 bridgehead atoms. The smallest absolute Gasteiger partial charge is 0.0624 e. The highest BCUT2D eigenvalue weighted by atomic mass is 15.2. The van der Waals surface area contributed by atoms with E-state index in [0.29, 0.717) is 24.3 Å². The van der Waals surface area contributed by atoms with Crippen LogP contribution in [0.3, 0.4) is 0 Å². The predicted molar refractivity (Wildman–Crippen MR) is 78.5 cm³/mol. The van der Waals surface area contributed by atoms with Gasteiger partial charge < -0.3 is 0 Å². The number of piperidine rings is 1. The van der Waals surface area contributed by atoms with E-state index < -0.39 is 0 Å². The van der Waals surface area contributed by atoms with E-state index in [-0.39, 0.29) is 0 Å². The second-order valence-corrected chi connectivity index (χ2v) is 6.07. The van der Waals surface area contributed by atoms with Gasteiger partial charge in [-0.1, -0.05) is 44.2 Å². The van der Waals surface area contributed by atoms with Gasteiger partial charge in [0, 0.05) is 19.0 Å². The molecule has 0 amide bonds. The molecule has 1 aliphatic rings. The van der Waals surface area contributed by atoms with Crippen molar-refractivity contribution in [2.75, 3.05) is 13.1 Å². The Kier molecular flexibility index (Phi) is 4.99. The van der Waals surface area contributed by atoms with Crippen molar-refractivity contribution in [2.24, 2.45) is 11.8 Å². The van der Waals surface area contributed by atoms with Crippen molar-refractivity contribution >= 4 is 0 Å². The topological polar surface area (TPSA) is 27.0 Å². The molecule has 1 heterocycles. The maximum absolute atomic E-state index is 8.92. The van der Waals surface area contributed by atoms with Crippen molar-refractivity contribution in [1.82, 2.24) is 4.90 Å². The summed E-state index contributed by atoms with van der Waals surface area (Å²) in [5, 5.41) is 8.92. The zero-order valence-corrected chi connectivity index (χ0v) is 12.0. The lowest BCUT2D eigenvalue weighted by Gasteiger charge is -2.40. The van der Waals surface area contributed by atoms with Gasteiger partial charge in [-0.3, -0.25) is 4.90 Å². The SMILES string of the molecule is CC(C)CN1CCC(CC#N)CC1c1ccccc1. The fourth-order valence-corrected chi connectivity index (χ4v) is 3.11. The average Bonchev–Trinajstić information content (AvgIpc) is 2.41. The van der Waals surface area contributed by atoms with Crippen LogP contribution in [0.15, 0.2) is 30.3 Å². The van der Waals surface area contributed by atoms with E-state index in [2.05, 4.69) is 55.1 Å². The Morgan fingerprint density at radius 1 is 1.32 bits per heavy atom. The number of rotatable bonds is 4. The van der Waals surface area contributed by atoms with Crippen LogP contribution in [0.1, 0.15) is 44.7 Å². The van der Waals surface area contributed by atoms with Crippen LogP contribution in [0.4, 0.5) is 0 Å². The lowest BCUT2D eigenvalue weighted by atomic mass is 9.85. The minimum atomic E-state index is 0.496. The number of hydrogen-bond acceptors (Lipinski definition) is 2. The van der Waals surface area contributed by atoms with E-state index in [1.807, 2.05) is 0 Å². The molecule has 19 heavy (non-hydrogen) atoms. The second kappa shape index (κ2) is 6.73. The first-order valence-electron chi connectivity index (χ1n) is 7.36. The van der Waals surface area contributed by atoms with Crippen molar-refractivity contribution in [3.05, 3.63) is 35.9 Å². The lowest BCUT2D eigenvalue weighted by Crippen LogP contribution is -2.39. The molecule has 0 aromatic heterocycles. The summed E-state index contributed by atoms with van der Waals surface area (Å²) < 4.78 is 0. The quantitative estimate of drug-likeness (QED) is 0.814. The van der Waals surface area contributed by atoms with E-state index in [1.165, 1.54) is 12.0 Å². The minimum absolute atomic E-state index is 0.496. The average molecular weight is 256 g/mol. The fourth-order valence-electron chi connectivity index (χ4n) is 3.11. The van der Waals surface area contributed by atoms with Gasteiger partial charge in [-0.25, -0.2) is 0 Å². The number of likely N-dealkylation sites (tertiary alicyclic amines) is 1. The summed E-state index contributed by atoms with van der Waals surface area (Å²) in [7, 11) is 0. The molecule has 2 rings (SSSR count). The third-order valence-electron chi connectivity index (χ3n) is 3.99. The lowest BCUT2D eigenvalue weighted by molar-refractivity contribution is 0.100. The Balaban J connectivity index is 2.14. The fraction of sp³-hybridized carbons (Fsp3) is 0.588. The number of hydrogen-bond donors (Lipinski definition) is 0. The predicted octanol–water partition coefficient (Wildman–Crippen LogP) is 4.01. The summed E-state index contributed by atoms with van der Waals surface area (Å²) in [6.07, 6.45) is 3.01. The van der Waals surface area contributed by atoms with Crippen LogP contribution in [-0.2, 0) is 0 Å². The van der Waals surface area contributed by atoms with Gasteiger partial charge in [-0.05, 0) is 36.8 Å². The Morgan fingerprint density at radius 3 is 2.68 bits per heavy atom. The van der Waals surface area contributed by atoms with Gasteiger partial charge >= 0.3 is 0 Å². The molecule has 0 radical (unpaired) electrons. The van der Waals surface area contributed by atoms with Crippen LogP contribution in [0, 0.1) is 23.2 Å². The largest absolute Gasteiger partial charge is 0.296 e. The van der Waals surface area contributed by atoms with E-state index in [1.54, 1.807) is 0 Å².